The molecule has 2 atom stereocenters. The molecule has 2 N–H and O–H groups in total. The van der Waals surface area contributed by atoms with E-state index >= 15 is 0 Å². The Kier molecular flexibility index (Phi) is 4.88. The van der Waals surface area contributed by atoms with E-state index in [1.165, 1.54) is 11.1 Å². The van der Waals surface area contributed by atoms with Crippen LogP contribution in [0.4, 0.5) is 0 Å². The van der Waals surface area contributed by atoms with Gasteiger partial charge in [-0.15, -0.1) is 0 Å². The first kappa shape index (κ1) is 17.2. The molecule has 1 amide bonds. The smallest absolute Gasteiger partial charge is 0.326 e. The van der Waals surface area contributed by atoms with E-state index in [9.17, 15) is 14.7 Å². The molecule has 6 nitrogen and oxygen atoms in total. The SMILES string of the molecule is Cc1cc(C(=O)N[C@@H](C[C@@H]2CCCc3ccccc32)C(=O)O)nn1C. The topological polar surface area (TPSA) is 84.2 Å². The summed E-state index contributed by atoms with van der Waals surface area (Å²) in [4.78, 5) is 24.0. The summed E-state index contributed by atoms with van der Waals surface area (Å²) < 4.78 is 1.60. The molecule has 132 valence electrons. The van der Waals surface area contributed by atoms with Crippen molar-refractivity contribution >= 4 is 11.9 Å². The number of aromatic nitrogens is 2. The van der Waals surface area contributed by atoms with Crippen LogP contribution in [0.2, 0.25) is 0 Å². The Morgan fingerprint density at radius 2 is 2.16 bits per heavy atom. The van der Waals surface area contributed by atoms with E-state index in [1.54, 1.807) is 17.8 Å². The van der Waals surface area contributed by atoms with Crippen LogP contribution in [0.15, 0.2) is 30.3 Å². The maximum absolute atomic E-state index is 12.4. The number of carbonyl (C=O) groups excluding carboxylic acids is 1. The molecule has 1 aromatic heterocycles. The highest BCUT2D eigenvalue weighted by Crippen LogP contribution is 2.34. The van der Waals surface area contributed by atoms with Gasteiger partial charge in [-0.25, -0.2) is 4.79 Å². The van der Waals surface area contributed by atoms with E-state index in [4.69, 9.17) is 0 Å². The Labute approximate surface area is 146 Å². The number of aryl methyl sites for hydroxylation is 3. The third-order valence-electron chi connectivity index (χ3n) is 4.96. The van der Waals surface area contributed by atoms with Gasteiger partial charge in [0.05, 0.1) is 0 Å². The lowest BCUT2D eigenvalue weighted by atomic mass is 9.79. The summed E-state index contributed by atoms with van der Waals surface area (Å²) in [5.41, 5.74) is 3.59. The second kappa shape index (κ2) is 7.09. The Bertz CT molecular complexity index is 777. The summed E-state index contributed by atoms with van der Waals surface area (Å²) in [6, 6.07) is 8.91. The van der Waals surface area contributed by atoms with Crippen molar-refractivity contribution in [1.82, 2.24) is 15.1 Å². The minimum Gasteiger partial charge on any atom is -0.480 e. The number of aliphatic carboxylic acids is 1. The van der Waals surface area contributed by atoms with Crippen molar-refractivity contribution in [1.29, 1.82) is 0 Å². The first-order chi connectivity index (χ1) is 12.0. The number of fused-ring (bicyclic) bond motifs is 1. The zero-order chi connectivity index (χ0) is 18.0. The van der Waals surface area contributed by atoms with Crippen molar-refractivity contribution in [3.63, 3.8) is 0 Å². The van der Waals surface area contributed by atoms with Gasteiger partial charge in [0.15, 0.2) is 0 Å². The number of hydrogen-bond acceptors (Lipinski definition) is 3. The quantitative estimate of drug-likeness (QED) is 0.875. The Balaban J connectivity index is 1.74. The van der Waals surface area contributed by atoms with Crippen LogP contribution in [0.5, 0.6) is 0 Å². The summed E-state index contributed by atoms with van der Waals surface area (Å²) in [7, 11) is 1.75. The standard InChI is InChI=1S/C19H23N3O3/c1-12-10-16(21-22(12)2)18(23)20-17(19(24)25)11-14-8-5-7-13-6-3-4-9-15(13)14/h3-4,6,9-10,14,17H,5,7-8,11H2,1-2H3,(H,20,23)(H,24,25)/t14-,17-/m0/s1. The fourth-order valence-electron chi connectivity index (χ4n) is 3.51. The fraction of sp³-hybridized carbons (Fsp3) is 0.421. The van der Waals surface area contributed by atoms with Crippen molar-refractivity contribution in [2.45, 2.75) is 44.6 Å². The third kappa shape index (κ3) is 3.73. The number of carboxylic acids is 1. The highest BCUT2D eigenvalue weighted by atomic mass is 16.4. The maximum atomic E-state index is 12.4. The zero-order valence-corrected chi connectivity index (χ0v) is 14.5. The Morgan fingerprint density at radius 1 is 1.40 bits per heavy atom. The molecular formula is C19H23N3O3. The van der Waals surface area contributed by atoms with E-state index in [0.717, 1.165) is 25.0 Å². The van der Waals surface area contributed by atoms with E-state index < -0.39 is 17.9 Å². The van der Waals surface area contributed by atoms with Crippen molar-refractivity contribution in [2.75, 3.05) is 0 Å². The van der Waals surface area contributed by atoms with Crippen molar-refractivity contribution in [3.05, 3.63) is 52.8 Å². The van der Waals surface area contributed by atoms with Crippen LogP contribution in [0.25, 0.3) is 0 Å². The lowest BCUT2D eigenvalue weighted by Gasteiger charge is -2.27. The molecule has 0 aliphatic heterocycles. The normalized spacial score (nSPS) is 17.6. The molecule has 0 fully saturated rings. The molecule has 0 bridgehead atoms. The van der Waals surface area contributed by atoms with Gasteiger partial charge in [0, 0.05) is 12.7 Å². The van der Waals surface area contributed by atoms with E-state index in [0.29, 0.717) is 6.42 Å². The van der Waals surface area contributed by atoms with Crippen LogP contribution >= 0.6 is 0 Å². The number of carbonyl (C=O) groups is 2. The predicted molar refractivity (Wildman–Crippen MR) is 93.6 cm³/mol. The highest BCUT2D eigenvalue weighted by Gasteiger charge is 2.28. The van der Waals surface area contributed by atoms with Gasteiger partial charge in [-0.2, -0.15) is 5.10 Å². The second-order valence-corrected chi connectivity index (χ2v) is 6.68. The summed E-state index contributed by atoms with van der Waals surface area (Å²) in [6.45, 7) is 1.84. The van der Waals surface area contributed by atoms with Crippen LogP contribution in [0.1, 0.15) is 52.5 Å². The minimum absolute atomic E-state index is 0.150. The molecule has 0 unspecified atom stereocenters. The van der Waals surface area contributed by atoms with Gasteiger partial charge in [0.25, 0.3) is 5.91 Å². The largest absolute Gasteiger partial charge is 0.480 e. The minimum atomic E-state index is -1.01. The average Bonchev–Trinajstić information content (AvgIpc) is 2.93. The van der Waals surface area contributed by atoms with Crippen molar-refractivity contribution in [2.24, 2.45) is 7.05 Å². The van der Waals surface area contributed by atoms with Gasteiger partial charge in [0.1, 0.15) is 11.7 Å². The maximum Gasteiger partial charge on any atom is 0.326 e. The average molecular weight is 341 g/mol. The molecule has 1 aliphatic rings. The summed E-state index contributed by atoms with van der Waals surface area (Å²) in [5, 5.41) is 16.3. The van der Waals surface area contributed by atoms with Crippen LogP contribution in [-0.2, 0) is 18.3 Å². The molecule has 3 rings (SSSR count). The molecule has 1 heterocycles. The van der Waals surface area contributed by atoms with Gasteiger partial charge in [-0.3, -0.25) is 9.48 Å². The number of amides is 1. The first-order valence-electron chi connectivity index (χ1n) is 8.58. The van der Waals surface area contributed by atoms with Gasteiger partial charge in [-0.1, -0.05) is 24.3 Å². The van der Waals surface area contributed by atoms with E-state index in [1.807, 2.05) is 19.1 Å². The molecule has 25 heavy (non-hydrogen) atoms. The number of carboxylic acid groups (broad SMARTS) is 1. The third-order valence-corrected chi connectivity index (χ3v) is 4.96. The van der Waals surface area contributed by atoms with Crippen molar-refractivity contribution < 1.29 is 14.7 Å². The lowest BCUT2D eigenvalue weighted by molar-refractivity contribution is -0.139. The van der Waals surface area contributed by atoms with Crippen LogP contribution in [0, 0.1) is 6.92 Å². The number of nitrogens with one attached hydrogen (secondary N) is 1. The predicted octanol–water partition coefficient (Wildman–Crippen LogP) is 2.42. The molecule has 0 saturated heterocycles. The highest BCUT2D eigenvalue weighted by molar-refractivity contribution is 5.95. The fourth-order valence-corrected chi connectivity index (χ4v) is 3.51. The summed E-state index contributed by atoms with van der Waals surface area (Å²) in [5.74, 6) is -1.30. The second-order valence-electron chi connectivity index (χ2n) is 6.68. The van der Waals surface area contributed by atoms with Gasteiger partial charge >= 0.3 is 5.97 Å². The lowest BCUT2D eigenvalue weighted by Crippen LogP contribution is -2.42. The van der Waals surface area contributed by atoms with Gasteiger partial charge in [0.2, 0.25) is 0 Å². The number of rotatable bonds is 5. The molecule has 0 saturated carbocycles. The van der Waals surface area contributed by atoms with Gasteiger partial charge < -0.3 is 10.4 Å². The molecule has 2 aromatic rings. The molecular weight excluding hydrogens is 318 g/mol. The summed E-state index contributed by atoms with van der Waals surface area (Å²) in [6.07, 6.45) is 3.41. The van der Waals surface area contributed by atoms with Crippen LogP contribution < -0.4 is 5.32 Å². The van der Waals surface area contributed by atoms with Crippen LogP contribution in [-0.4, -0.2) is 32.8 Å². The summed E-state index contributed by atoms with van der Waals surface area (Å²) >= 11 is 0. The Hall–Kier alpha value is -2.63. The molecule has 0 radical (unpaired) electrons. The molecule has 1 aromatic carbocycles. The molecule has 1 aliphatic carbocycles. The molecule has 0 spiro atoms. The van der Waals surface area contributed by atoms with Crippen molar-refractivity contribution in [3.8, 4) is 0 Å². The van der Waals surface area contributed by atoms with E-state index in [-0.39, 0.29) is 11.6 Å². The number of hydrogen-bond donors (Lipinski definition) is 2. The van der Waals surface area contributed by atoms with Crippen LogP contribution in [0.3, 0.4) is 0 Å². The molecule has 6 heteroatoms. The van der Waals surface area contributed by atoms with Gasteiger partial charge in [-0.05, 0) is 55.7 Å². The number of benzene rings is 1. The van der Waals surface area contributed by atoms with E-state index in [2.05, 4.69) is 22.5 Å². The zero-order valence-electron chi connectivity index (χ0n) is 14.5. The number of nitrogens with zero attached hydrogens (tertiary/aromatic N) is 2. The monoisotopic (exact) mass is 341 g/mol. The Morgan fingerprint density at radius 3 is 2.84 bits per heavy atom. The first-order valence-corrected chi connectivity index (χ1v) is 8.58.